The van der Waals surface area contributed by atoms with Gasteiger partial charge < -0.3 is 19.5 Å². The third kappa shape index (κ3) is 5.78. The number of hydrogen-bond acceptors (Lipinski definition) is 4. The van der Waals surface area contributed by atoms with Crippen LogP contribution in [0.5, 0.6) is 0 Å². The summed E-state index contributed by atoms with van der Waals surface area (Å²) in [5.41, 5.74) is 0. The molecule has 0 aromatic heterocycles. The zero-order valence-electron chi connectivity index (χ0n) is 12.2. The molecule has 2 aliphatic rings. The van der Waals surface area contributed by atoms with E-state index in [2.05, 4.69) is 12.2 Å². The van der Waals surface area contributed by atoms with Gasteiger partial charge in [-0.3, -0.25) is 0 Å². The van der Waals surface area contributed by atoms with Gasteiger partial charge in [0.1, 0.15) is 0 Å². The van der Waals surface area contributed by atoms with Crippen molar-refractivity contribution in [2.75, 3.05) is 39.5 Å². The van der Waals surface area contributed by atoms with Crippen LogP contribution in [0.25, 0.3) is 0 Å². The van der Waals surface area contributed by atoms with Crippen molar-refractivity contribution >= 4 is 0 Å². The van der Waals surface area contributed by atoms with Crippen molar-refractivity contribution in [3.63, 3.8) is 0 Å². The molecule has 19 heavy (non-hydrogen) atoms. The molecule has 2 heterocycles. The molecule has 4 nitrogen and oxygen atoms in total. The lowest BCUT2D eigenvalue weighted by Gasteiger charge is -2.22. The van der Waals surface area contributed by atoms with Gasteiger partial charge in [-0.1, -0.05) is 6.92 Å². The number of hydrogen-bond donors (Lipinski definition) is 1. The summed E-state index contributed by atoms with van der Waals surface area (Å²) in [7, 11) is 0. The maximum atomic E-state index is 5.99. The maximum absolute atomic E-state index is 5.99. The molecule has 0 aromatic rings. The van der Waals surface area contributed by atoms with Crippen molar-refractivity contribution in [2.24, 2.45) is 5.92 Å². The quantitative estimate of drug-likeness (QED) is 0.685. The van der Waals surface area contributed by atoms with Crippen molar-refractivity contribution in [1.82, 2.24) is 5.32 Å². The fraction of sp³-hybridized carbons (Fsp3) is 1.00. The van der Waals surface area contributed by atoms with E-state index in [-0.39, 0.29) is 0 Å². The molecule has 2 saturated heterocycles. The van der Waals surface area contributed by atoms with Crippen molar-refractivity contribution in [2.45, 2.75) is 51.2 Å². The van der Waals surface area contributed by atoms with E-state index in [1.165, 1.54) is 12.8 Å². The Balaban J connectivity index is 1.50. The average molecular weight is 271 g/mol. The average Bonchev–Trinajstić information content (AvgIpc) is 2.88. The summed E-state index contributed by atoms with van der Waals surface area (Å²) in [6, 6.07) is 0. The van der Waals surface area contributed by atoms with Crippen LogP contribution in [0, 0.1) is 5.92 Å². The molecule has 4 heteroatoms. The van der Waals surface area contributed by atoms with Crippen LogP contribution in [0.2, 0.25) is 0 Å². The molecule has 0 spiro atoms. The molecule has 0 aliphatic carbocycles. The molecule has 0 saturated carbocycles. The fourth-order valence-corrected chi connectivity index (χ4v) is 2.77. The Morgan fingerprint density at radius 2 is 1.84 bits per heavy atom. The Morgan fingerprint density at radius 3 is 2.63 bits per heavy atom. The number of rotatable bonds is 8. The highest BCUT2D eigenvalue weighted by atomic mass is 16.5. The van der Waals surface area contributed by atoms with E-state index in [1.54, 1.807) is 0 Å². The van der Waals surface area contributed by atoms with E-state index < -0.39 is 0 Å². The standard InChI is InChI=1S/C15H29NO3/c1-2-7-16-10-14-3-4-15(19-14)12-18-11-13-5-8-17-9-6-13/h13-16H,2-12H2,1H3. The summed E-state index contributed by atoms with van der Waals surface area (Å²) in [5.74, 6) is 0.692. The highest BCUT2D eigenvalue weighted by Crippen LogP contribution is 2.20. The van der Waals surface area contributed by atoms with Crippen molar-refractivity contribution in [3.05, 3.63) is 0 Å². The zero-order chi connectivity index (χ0) is 13.3. The van der Waals surface area contributed by atoms with Crippen LogP contribution in [0.1, 0.15) is 39.0 Å². The maximum Gasteiger partial charge on any atom is 0.0813 e. The van der Waals surface area contributed by atoms with Gasteiger partial charge in [0, 0.05) is 26.4 Å². The first kappa shape index (κ1) is 15.2. The highest BCUT2D eigenvalue weighted by molar-refractivity contribution is 4.75. The summed E-state index contributed by atoms with van der Waals surface area (Å²) in [5, 5.41) is 3.43. The van der Waals surface area contributed by atoms with Gasteiger partial charge >= 0.3 is 0 Å². The van der Waals surface area contributed by atoms with Gasteiger partial charge in [0.05, 0.1) is 18.8 Å². The first-order chi connectivity index (χ1) is 9.38. The normalized spacial score (nSPS) is 28.9. The largest absolute Gasteiger partial charge is 0.381 e. The first-order valence-electron chi connectivity index (χ1n) is 7.90. The molecule has 2 atom stereocenters. The summed E-state index contributed by atoms with van der Waals surface area (Å²) in [6.45, 7) is 7.71. The minimum atomic E-state index is 0.313. The molecule has 2 aliphatic heterocycles. The van der Waals surface area contributed by atoms with Crippen LogP contribution in [-0.4, -0.2) is 51.7 Å². The summed E-state index contributed by atoms with van der Waals surface area (Å²) < 4.78 is 17.2. The monoisotopic (exact) mass is 271 g/mol. The molecular weight excluding hydrogens is 242 g/mol. The van der Waals surface area contributed by atoms with Crippen LogP contribution >= 0.6 is 0 Å². The Hall–Kier alpha value is -0.160. The predicted molar refractivity (Wildman–Crippen MR) is 75.4 cm³/mol. The number of nitrogens with one attached hydrogen (secondary N) is 1. The molecule has 112 valence electrons. The van der Waals surface area contributed by atoms with Gasteiger partial charge in [0.15, 0.2) is 0 Å². The van der Waals surface area contributed by atoms with Crippen LogP contribution in [0.15, 0.2) is 0 Å². The molecule has 0 radical (unpaired) electrons. The lowest BCUT2D eigenvalue weighted by Crippen LogP contribution is -2.29. The van der Waals surface area contributed by atoms with Crippen molar-refractivity contribution in [1.29, 1.82) is 0 Å². The van der Waals surface area contributed by atoms with Crippen LogP contribution in [-0.2, 0) is 14.2 Å². The van der Waals surface area contributed by atoms with E-state index in [1.807, 2.05) is 0 Å². The van der Waals surface area contributed by atoms with Crippen molar-refractivity contribution < 1.29 is 14.2 Å². The Labute approximate surface area is 117 Å². The second-order valence-corrected chi connectivity index (χ2v) is 5.75. The third-order valence-electron chi connectivity index (χ3n) is 3.99. The van der Waals surface area contributed by atoms with Gasteiger partial charge in [-0.2, -0.15) is 0 Å². The summed E-state index contributed by atoms with van der Waals surface area (Å²) in [6.07, 6.45) is 6.50. The van der Waals surface area contributed by atoms with Crippen molar-refractivity contribution in [3.8, 4) is 0 Å². The predicted octanol–water partition coefficient (Wildman–Crippen LogP) is 1.98. The smallest absolute Gasteiger partial charge is 0.0813 e. The SMILES string of the molecule is CCCNCC1CCC(COCC2CCOCC2)O1. The molecule has 0 amide bonds. The second kappa shape index (κ2) is 8.90. The second-order valence-electron chi connectivity index (χ2n) is 5.75. The number of ether oxygens (including phenoxy) is 3. The third-order valence-corrected chi connectivity index (χ3v) is 3.99. The molecule has 2 unspecified atom stereocenters. The van der Waals surface area contributed by atoms with E-state index in [4.69, 9.17) is 14.2 Å². The Morgan fingerprint density at radius 1 is 1.05 bits per heavy atom. The zero-order valence-corrected chi connectivity index (χ0v) is 12.2. The van der Waals surface area contributed by atoms with Gasteiger partial charge in [-0.15, -0.1) is 0 Å². The van der Waals surface area contributed by atoms with E-state index in [0.717, 1.165) is 58.8 Å². The van der Waals surface area contributed by atoms with Gasteiger partial charge in [-0.05, 0) is 44.6 Å². The van der Waals surface area contributed by atoms with Gasteiger partial charge in [-0.25, -0.2) is 0 Å². The highest BCUT2D eigenvalue weighted by Gasteiger charge is 2.25. The molecule has 0 aromatic carbocycles. The molecule has 0 bridgehead atoms. The minimum absolute atomic E-state index is 0.313. The lowest BCUT2D eigenvalue weighted by atomic mass is 10.0. The molecular formula is C15H29NO3. The van der Waals surface area contributed by atoms with E-state index in [9.17, 15) is 0 Å². The topological polar surface area (TPSA) is 39.7 Å². The van der Waals surface area contributed by atoms with Crippen LogP contribution < -0.4 is 5.32 Å². The van der Waals surface area contributed by atoms with Crippen LogP contribution in [0.4, 0.5) is 0 Å². The Bertz CT molecular complexity index is 231. The van der Waals surface area contributed by atoms with E-state index >= 15 is 0 Å². The molecule has 2 rings (SSSR count). The fourth-order valence-electron chi connectivity index (χ4n) is 2.77. The molecule has 2 fully saturated rings. The minimum Gasteiger partial charge on any atom is -0.381 e. The van der Waals surface area contributed by atoms with E-state index in [0.29, 0.717) is 18.1 Å². The van der Waals surface area contributed by atoms with Gasteiger partial charge in [0.2, 0.25) is 0 Å². The lowest BCUT2D eigenvalue weighted by molar-refractivity contribution is -0.0346. The summed E-state index contributed by atoms with van der Waals surface area (Å²) >= 11 is 0. The molecule has 1 N–H and O–H groups in total. The first-order valence-corrected chi connectivity index (χ1v) is 7.90. The van der Waals surface area contributed by atoms with Crippen LogP contribution in [0.3, 0.4) is 0 Å². The summed E-state index contributed by atoms with van der Waals surface area (Å²) in [4.78, 5) is 0. The Kier molecular flexibility index (Phi) is 7.14. The van der Waals surface area contributed by atoms with Gasteiger partial charge in [0.25, 0.3) is 0 Å².